The predicted molar refractivity (Wildman–Crippen MR) is 66.6 cm³/mol. The molecular formula is C12H19O4P. The number of hydrogen-bond acceptors (Lipinski definition) is 3. The van der Waals surface area contributed by atoms with Crippen LogP contribution in [0.3, 0.4) is 0 Å². The number of phosphoric ester groups is 1. The summed E-state index contributed by atoms with van der Waals surface area (Å²) in [7, 11) is -3.89. The van der Waals surface area contributed by atoms with E-state index in [2.05, 4.69) is 0 Å². The van der Waals surface area contributed by atoms with Gasteiger partial charge < -0.3 is 4.89 Å². The first-order valence-electron chi connectivity index (χ1n) is 5.11. The van der Waals surface area contributed by atoms with Crippen LogP contribution in [0.5, 0.6) is 0 Å². The average molecular weight is 258 g/mol. The maximum atomic E-state index is 11.4. The molecule has 1 aromatic carbocycles. The van der Waals surface area contributed by atoms with E-state index in [1.54, 1.807) is 0 Å². The van der Waals surface area contributed by atoms with Crippen LogP contribution in [0.25, 0.3) is 0 Å². The summed E-state index contributed by atoms with van der Waals surface area (Å²) in [4.78, 5) is 9.35. The van der Waals surface area contributed by atoms with Crippen molar-refractivity contribution in [2.75, 3.05) is 6.61 Å². The zero-order valence-electron chi connectivity index (χ0n) is 9.29. The predicted octanol–water partition coefficient (Wildman–Crippen LogP) is 3.54. The fourth-order valence-corrected chi connectivity index (χ4v) is 3.00. The molecule has 1 heterocycles. The highest BCUT2D eigenvalue weighted by Gasteiger charge is 2.44. The Bertz CT molecular complexity index is 416. The molecule has 17 heavy (non-hydrogen) atoms. The topological polar surface area (TPSA) is 55.8 Å². The van der Waals surface area contributed by atoms with Gasteiger partial charge in [-0.2, -0.15) is 0 Å². The molecule has 1 saturated heterocycles. The lowest BCUT2D eigenvalue weighted by atomic mass is 9.83. The number of hydrogen-bond donors (Lipinski definition) is 1. The summed E-state index contributed by atoms with van der Waals surface area (Å²) in [6, 6.07) is 9.43. The molecule has 0 aromatic heterocycles. The van der Waals surface area contributed by atoms with E-state index in [0.717, 1.165) is 5.56 Å². The third-order valence-corrected chi connectivity index (χ3v) is 3.58. The van der Waals surface area contributed by atoms with Crippen molar-refractivity contribution in [3.8, 4) is 0 Å². The lowest BCUT2D eigenvalue weighted by Crippen LogP contribution is -2.33. The van der Waals surface area contributed by atoms with Gasteiger partial charge in [0.05, 0.1) is 6.61 Å². The lowest BCUT2D eigenvalue weighted by Gasteiger charge is -2.39. The normalized spacial score (nSPS) is 31.6. The van der Waals surface area contributed by atoms with Crippen LogP contribution in [0, 0.1) is 5.41 Å². The molecule has 1 N–H and O–H groups in total. The first-order valence-corrected chi connectivity index (χ1v) is 6.61. The van der Waals surface area contributed by atoms with E-state index in [1.165, 1.54) is 0 Å². The Hall–Kier alpha value is -0.670. The molecule has 1 aromatic rings. The van der Waals surface area contributed by atoms with Gasteiger partial charge in [-0.15, -0.1) is 0 Å². The van der Waals surface area contributed by atoms with Gasteiger partial charge in [0.1, 0.15) is 6.10 Å². The minimum Gasteiger partial charge on any atom is -0.302 e. The van der Waals surface area contributed by atoms with Crippen LogP contribution in [0.1, 0.15) is 32.9 Å². The Balaban J connectivity index is 0.00000144. The fourth-order valence-electron chi connectivity index (χ4n) is 1.77. The fraction of sp³-hybridized carbons (Fsp3) is 0.500. The van der Waals surface area contributed by atoms with Crippen molar-refractivity contribution >= 4 is 7.82 Å². The van der Waals surface area contributed by atoms with E-state index in [1.807, 2.05) is 44.2 Å². The molecule has 0 aliphatic carbocycles. The van der Waals surface area contributed by atoms with Gasteiger partial charge in [-0.05, 0) is 5.56 Å². The lowest BCUT2D eigenvalue weighted by molar-refractivity contribution is -0.0472. The van der Waals surface area contributed by atoms with Gasteiger partial charge in [-0.1, -0.05) is 51.6 Å². The van der Waals surface area contributed by atoms with Gasteiger partial charge in [-0.3, -0.25) is 9.05 Å². The van der Waals surface area contributed by atoms with Crippen LogP contribution in [-0.2, 0) is 13.6 Å². The van der Waals surface area contributed by atoms with E-state index in [0.29, 0.717) is 0 Å². The van der Waals surface area contributed by atoms with E-state index in [4.69, 9.17) is 9.05 Å². The summed E-state index contributed by atoms with van der Waals surface area (Å²) in [6.45, 7) is 4.11. The Morgan fingerprint density at radius 3 is 2.53 bits per heavy atom. The van der Waals surface area contributed by atoms with Crippen molar-refractivity contribution in [3.05, 3.63) is 35.9 Å². The second-order valence-electron chi connectivity index (χ2n) is 4.63. The van der Waals surface area contributed by atoms with Gasteiger partial charge in [0.25, 0.3) is 0 Å². The zero-order chi connectivity index (χ0) is 11.8. The molecule has 0 bridgehead atoms. The van der Waals surface area contributed by atoms with Crippen molar-refractivity contribution < 1.29 is 18.5 Å². The molecule has 4 nitrogen and oxygen atoms in total. The van der Waals surface area contributed by atoms with E-state index in [-0.39, 0.29) is 19.4 Å². The maximum Gasteiger partial charge on any atom is 0.472 e. The summed E-state index contributed by atoms with van der Waals surface area (Å²) in [5.41, 5.74) is 0.572. The van der Waals surface area contributed by atoms with Crippen molar-refractivity contribution in [2.45, 2.75) is 27.4 Å². The van der Waals surface area contributed by atoms with Crippen LogP contribution in [0.2, 0.25) is 0 Å². The Labute approximate surface area is 102 Å². The van der Waals surface area contributed by atoms with Crippen LogP contribution in [0.4, 0.5) is 0 Å². The third kappa shape index (κ3) is 3.17. The summed E-state index contributed by atoms with van der Waals surface area (Å²) < 4.78 is 21.4. The third-order valence-electron chi connectivity index (χ3n) is 2.65. The molecule has 5 heteroatoms. The van der Waals surface area contributed by atoms with E-state index < -0.39 is 13.9 Å². The summed E-state index contributed by atoms with van der Waals surface area (Å²) >= 11 is 0. The van der Waals surface area contributed by atoms with Gasteiger partial charge in [0, 0.05) is 5.41 Å². The average Bonchev–Trinajstić information content (AvgIpc) is 2.24. The number of benzene rings is 1. The SMILES string of the molecule is C.CC1(C)COP(=O)(O)O[C@H]1c1ccccc1. The largest absolute Gasteiger partial charge is 0.472 e. The molecule has 1 fully saturated rings. The molecule has 1 aliphatic rings. The van der Waals surface area contributed by atoms with Crippen LogP contribution in [0.15, 0.2) is 30.3 Å². The molecule has 0 saturated carbocycles. The van der Waals surface area contributed by atoms with Gasteiger partial charge in [0.2, 0.25) is 0 Å². The van der Waals surface area contributed by atoms with Gasteiger partial charge in [0.15, 0.2) is 0 Å². The Morgan fingerprint density at radius 1 is 1.35 bits per heavy atom. The molecule has 2 rings (SSSR count). The highest BCUT2D eigenvalue weighted by Crippen LogP contribution is 2.57. The monoisotopic (exact) mass is 258 g/mol. The molecule has 2 atom stereocenters. The molecule has 0 spiro atoms. The summed E-state index contributed by atoms with van der Waals surface area (Å²) in [5.74, 6) is 0. The first kappa shape index (κ1) is 14.4. The molecule has 1 aliphatic heterocycles. The van der Waals surface area contributed by atoms with E-state index in [9.17, 15) is 9.46 Å². The van der Waals surface area contributed by atoms with Gasteiger partial charge in [-0.25, -0.2) is 4.57 Å². The van der Waals surface area contributed by atoms with Crippen molar-refractivity contribution in [3.63, 3.8) is 0 Å². The van der Waals surface area contributed by atoms with Crippen molar-refractivity contribution in [1.29, 1.82) is 0 Å². The molecular weight excluding hydrogens is 239 g/mol. The molecule has 0 radical (unpaired) electrons. The highest BCUT2D eigenvalue weighted by molar-refractivity contribution is 7.47. The zero-order valence-corrected chi connectivity index (χ0v) is 10.2. The van der Waals surface area contributed by atoms with Crippen LogP contribution >= 0.6 is 7.82 Å². The molecule has 1 unspecified atom stereocenters. The minimum atomic E-state index is -3.89. The summed E-state index contributed by atoms with van der Waals surface area (Å²) in [6.07, 6.45) is -0.418. The molecule has 96 valence electrons. The van der Waals surface area contributed by atoms with Crippen LogP contribution in [-0.4, -0.2) is 11.5 Å². The smallest absolute Gasteiger partial charge is 0.302 e. The first-order chi connectivity index (χ1) is 7.41. The second-order valence-corrected chi connectivity index (χ2v) is 6.03. The maximum absolute atomic E-state index is 11.4. The Morgan fingerprint density at radius 2 is 1.94 bits per heavy atom. The van der Waals surface area contributed by atoms with E-state index >= 15 is 0 Å². The summed E-state index contributed by atoms with van der Waals surface area (Å²) in [5, 5.41) is 0. The Kier molecular flexibility index (Phi) is 4.15. The standard InChI is InChI=1S/C11H15O4P.CH4/c1-11(2)8-14-16(12,13)15-10(11)9-6-4-3-5-7-9;/h3-7,10H,8H2,1-2H3,(H,12,13);1H4/t10-;/m0./s1. The minimum absolute atomic E-state index is 0. The van der Waals surface area contributed by atoms with Crippen molar-refractivity contribution in [2.24, 2.45) is 5.41 Å². The van der Waals surface area contributed by atoms with Crippen LogP contribution < -0.4 is 0 Å². The number of phosphoric acid groups is 1. The second kappa shape index (κ2) is 4.91. The quantitative estimate of drug-likeness (QED) is 0.783. The van der Waals surface area contributed by atoms with Gasteiger partial charge >= 0.3 is 7.82 Å². The highest BCUT2D eigenvalue weighted by atomic mass is 31.2. The number of rotatable bonds is 1. The molecule has 0 amide bonds. The van der Waals surface area contributed by atoms with Crippen molar-refractivity contribution in [1.82, 2.24) is 0 Å².